The van der Waals surface area contributed by atoms with Crippen LogP contribution >= 0.6 is 0 Å². The van der Waals surface area contributed by atoms with E-state index in [0.717, 1.165) is 137 Å². The minimum absolute atomic E-state index is 0.265. The van der Waals surface area contributed by atoms with Crippen LogP contribution in [-0.4, -0.2) is 17.6 Å². The number of hydrogen-bond donors (Lipinski definition) is 0. The molecule has 0 N–H and O–H groups in total. The molecule has 0 fully saturated rings. The summed E-state index contributed by atoms with van der Waals surface area (Å²) >= 11 is 0. The normalized spacial score (nSPS) is 12.0. The lowest BCUT2D eigenvalue weighted by atomic mass is 9.94. The maximum atomic E-state index is 13.8. The van der Waals surface area contributed by atoms with Crippen molar-refractivity contribution in [3.8, 4) is 33.6 Å². The lowest BCUT2D eigenvalue weighted by molar-refractivity contribution is 0.596. The van der Waals surface area contributed by atoms with Crippen LogP contribution in [0, 0.1) is 6.57 Å². The highest BCUT2D eigenvalue weighted by atomic mass is 32.2. The fourth-order valence-corrected chi connectivity index (χ4v) is 15.5. The van der Waals surface area contributed by atoms with Gasteiger partial charge in [0.05, 0.1) is 38.4 Å². The molecule has 7 nitrogen and oxygen atoms in total. The van der Waals surface area contributed by atoms with Gasteiger partial charge in [-0.25, -0.2) is 13.3 Å². The molecule has 0 amide bonds. The molecule has 8 heteroatoms. The first-order valence-corrected chi connectivity index (χ1v) is 31.8. The molecule has 15 aromatic carbocycles. The maximum Gasteiger partial charge on any atom is 0.206 e. The monoisotopic (exact) mass is 1180 g/mol. The maximum absolute atomic E-state index is 13.8. The van der Waals surface area contributed by atoms with Crippen molar-refractivity contribution in [2.75, 3.05) is 0 Å². The van der Waals surface area contributed by atoms with Crippen LogP contribution in [0.15, 0.2) is 316 Å². The lowest BCUT2D eigenvalue weighted by Gasteiger charge is -2.10. The quantitative estimate of drug-likeness (QED) is 0.156. The van der Waals surface area contributed by atoms with E-state index in [1.54, 1.807) is 30.3 Å². The Hall–Kier alpha value is -12.0. The summed E-state index contributed by atoms with van der Waals surface area (Å²) in [4.78, 5) is 4.28. The molecule has 0 spiro atoms. The van der Waals surface area contributed by atoms with E-state index >= 15 is 0 Å². The smallest absolute Gasteiger partial charge is 0.206 e. The lowest BCUT2D eigenvalue weighted by Crippen LogP contribution is -2.01. The minimum atomic E-state index is -3.73. The summed E-state index contributed by atoms with van der Waals surface area (Å²) < 4.78 is 45.6. The Kier molecular flexibility index (Phi) is 11.6. The molecule has 0 aliphatic heterocycles. The average molecular weight is 1180 g/mol. The number of fused-ring (bicyclic) bond motifs is 20. The molecular weight excluding hydrogens is 1130 g/mol. The Balaban J connectivity index is 0.000000136. The number of para-hydroxylation sites is 2. The predicted molar refractivity (Wildman–Crippen MR) is 375 cm³/mol. The highest BCUT2D eigenvalue weighted by molar-refractivity contribution is 7.91. The van der Waals surface area contributed by atoms with E-state index in [2.05, 4.69) is 226 Å². The molecule has 0 aliphatic rings. The van der Waals surface area contributed by atoms with E-state index in [1.165, 1.54) is 26.9 Å². The summed E-state index contributed by atoms with van der Waals surface area (Å²) in [6.45, 7) is 7.66. The molecule has 0 aliphatic carbocycles. The highest BCUT2D eigenvalue weighted by Gasteiger charge is 2.25. The third kappa shape index (κ3) is 8.08. The van der Waals surface area contributed by atoms with Crippen LogP contribution in [-0.2, 0) is 9.84 Å². The first kappa shape index (κ1) is 52.1. The molecule has 4 heterocycles. The molecule has 0 unspecified atom stereocenters. The van der Waals surface area contributed by atoms with Gasteiger partial charge in [-0.2, -0.15) is 0 Å². The summed E-state index contributed by atoms with van der Waals surface area (Å²) in [6, 6.07) is 101. The van der Waals surface area contributed by atoms with Gasteiger partial charge >= 0.3 is 0 Å². The standard InChI is InChI=1S/C44H27NO3S.C39H22N2O/c46-49(47,32-15-5-2-6-16-32)33-21-23-40-38(27-33)37-26-30(19-22-39(37)45(40)31-13-3-1-4-14-31)36-25-29-12-8-10-18-35(29)43-42-34-17-9-7-11-28(34)20-24-41(42)48-44(36)43;1-40-27-17-19-35-33(23-27)32-22-26(15-18-34(32)41(35)28-11-3-2-4-12-28)31-21-25-10-6-8-14-30(25)38-37-29-13-7-5-9-24(29)16-20-36(37)42-39(31)38/h1-27H;2-23H. The first-order chi connectivity index (χ1) is 44.8. The van der Waals surface area contributed by atoms with Crippen LogP contribution < -0.4 is 0 Å². The second-order valence-corrected chi connectivity index (χ2v) is 25.3. The molecule has 0 atom stereocenters. The largest absolute Gasteiger partial charge is 0.455 e. The van der Waals surface area contributed by atoms with E-state index in [0.29, 0.717) is 5.69 Å². The second-order valence-electron chi connectivity index (χ2n) is 23.3. The van der Waals surface area contributed by atoms with E-state index in [4.69, 9.17) is 15.4 Å². The van der Waals surface area contributed by atoms with Crippen molar-refractivity contribution < 1.29 is 17.3 Å². The summed E-state index contributed by atoms with van der Waals surface area (Å²) in [5, 5.41) is 17.9. The Morgan fingerprint density at radius 3 is 1.16 bits per heavy atom. The van der Waals surface area contributed by atoms with Gasteiger partial charge in [0.25, 0.3) is 0 Å². The zero-order valence-electron chi connectivity index (χ0n) is 48.7. The summed E-state index contributed by atoms with van der Waals surface area (Å²) in [7, 11) is -3.73. The van der Waals surface area contributed by atoms with Gasteiger partial charge in [0.2, 0.25) is 9.84 Å². The SMILES string of the molecule is O=S(=O)(c1ccccc1)c1ccc2c(c1)c1cc(-c3cc4ccccc4c4c3oc3ccc5ccccc5c34)ccc1n2-c1ccccc1.[C-]#[N+]c1ccc2c(c1)c1cc(-c3cc4ccccc4c4c3oc3ccc5ccccc5c34)ccc1n2-c1ccccc1. The van der Waals surface area contributed by atoms with E-state index in [-0.39, 0.29) is 9.79 Å². The number of rotatable bonds is 6. The number of furan rings is 2. The van der Waals surface area contributed by atoms with Crippen LogP contribution in [0.1, 0.15) is 0 Å². The molecule has 19 rings (SSSR count). The van der Waals surface area contributed by atoms with Gasteiger partial charge < -0.3 is 18.0 Å². The highest BCUT2D eigenvalue weighted by Crippen LogP contribution is 2.48. The van der Waals surface area contributed by atoms with Crippen LogP contribution in [0.2, 0.25) is 0 Å². The number of hydrogen-bond acceptors (Lipinski definition) is 4. The topological polar surface area (TPSA) is 74.6 Å². The van der Waals surface area contributed by atoms with Crippen LogP contribution in [0.5, 0.6) is 0 Å². The zero-order valence-corrected chi connectivity index (χ0v) is 49.5. The van der Waals surface area contributed by atoms with Crippen molar-refractivity contribution in [1.29, 1.82) is 0 Å². The Labute approximate surface area is 521 Å². The van der Waals surface area contributed by atoms with Crippen LogP contribution in [0.25, 0.3) is 169 Å². The minimum Gasteiger partial charge on any atom is -0.455 e. The van der Waals surface area contributed by atoms with Crippen molar-refractivity contribution in [2.45, 2.75) is 9.79 Å². The van der Waals surface area contributed by atoms with Crippen molar-refractivity contribution in [2.24, 2.45) is 0 Å². The van der Waals surface area contributed by atoms with Gasteiger partial charge in [0, 0.05) is 60.2 Å². The Bertz CT molecular complexity index is 6410. The van der Waals surface area contributed by atoms with Gasteiger partial charge in [-0.1, -0.05) is 182 Å². The Morgan fingerprint density at radius 1 is 0.308 bits per heavy atom. The molecule has 91 heavy (non-hydrogen) atoms. The van der Waals surface area contributed by atoms with Gasteiger partial charge in [-0.15, -0.1) is 0 Å². The van der Waals surface area contributed by atoms with Crippen molar-refractivity contribution in [1.82, 2.24) is 9.13 Å². The third-order valence-corrected chi connectivity index (χ3v) is 20.1. The number of benzene rings is 15. The van der Waals surface area contributed by atoms with Crippen LogP contribution in [0.3, 0.4) is 0 Å². The van der Waals surface area contributed by atoms with Crippen molar-refractivity contribution in [3.63, 3.8) is 0 Å². The third-order valence-electron chi connectivity index (χ3n) is 18.3. The van der Waals surface area contributed by atoms with Gasteiger partial charge in [-0.3, -0.25) is 0 Å². The van der Waals surface area contributed by atoms with Gasteiger partial charge in [-0.05, 0) is 175 Å². The molecule has 0 saturated carbocycles. The number of sulfone groups is 1. The molecule has 4 aromatic heterocycles. The summed E-state index contributed by atoms with van der Waals surface area (Å²) in [5.74, 6) is 0. The second kappa shape index (κ2) is 20.3. The van der Waals surface area contributed by atoms with Crippen molar-refractivity contribution >= 4 is 146 Å². The zero-order chi connectivity index (χ0) is 60.5. The molecule has 19 aromatic rings. The van der Waals surface area contributed by atoms with Gasteiger partial charge in [0.1, 0.15) is 22.3 Å². The van der Waals surface area contributed by atoms with E-state index in [1.807, 2.05) is 54.6 Å². The van der Waals surface area contributed by atoms with E-state index in [9.17, 15) is 8.42 Å². The summed E-state index contributed by atoms with van der Waals surface area (Å²) in [6.07, 6.45) is 0. The fourth-order valence-electron chi connectivity index (χ4n) is 14.2. The molecule has 0 bridgehead atoms. The molecule has 426 valence electrons. The molecule has 0 saturated heterocycles. The average Bonchev–Trinajstić information content (AvgIpc) is 1.64. The van der Waals surface area contributed by atoms with Crippen molar-refractivity contribution in [3.05, 3.63) is 309 Å². The molecular formula is C83H49N3O4S. The van der Waals surface area contributed by atoms with Crippen LogP contribution in [0.4, 0.5) is 5.69 Å². The number of nitrogens with zero attached hydrogens (tertiary/aromatic N) is 3. The predicted octanol–water partition coefficient (Wildman–Crippen LogP) is 22.7. The van der Waals surface area contributed by atoms with E-state index < -0.39 is 9.84 Å². The molecule has 0 radical (unpaired) electrons. The van der Waals surface area contributed by atoms with Gasteiger partial charge in [0.15, 0.2) is 5.69 Å². The first-order valence-electron chi connectivity index (χ1n) is 30.3. The number of aromatic nitrogens is 2. The Morgan fingerprint density at radius 2 is 0.692 bits per heavy atom. The fraction of sp³-hybridized carbons (Fsp3) is 0. The summed E-state index contributed by atoms with van der Waals surface area (Å²) in [5.41, 5.74) is 14.5.